The fourth-order valence-corrected chi connectivity index (χ4v) is 4.71. The highest BCUT2D eigenvalue weighted by atomic mass is 35.5. The Morgan fingerprint density at radius 2 is 1.82 bits per heavy atom. The molecule has 2 N–H and O–H groups in total. The minimum atomic E-state index is -0.885. The second-order valence-electron chi connectivity index (χ2n) is 8.20. The van der Waals surface area contributed by atoms with Crippen molar-refractivity contribution in [2.75, 3.05) is 14.2 Å². The number of nitrogens with one attached hydrogen (secondary N) is 1. The Bertz CT molecular complexity index is 718. The topological polar surface area (TPSA) is 78.9 Å². The first-order chi connectivity index (χ1) is 13.3. The number of methoxy groups -OCH3 is 1. The summed E-state index contributed by atoms with van der Waals surface area (Å²) in [6.45, 7) is 1.83. The number of halogens is 1. The van der Waals surface area contributed by atoms with Crippen molar-refractivity contribution >= 4 is 23.5 Å². The molecule has 2 aliphatic rings. The Hall–Kier alpha value is -1.63. The van der Waals surface area contributed by atoms with Gasteiger partial charge in [-0.15, -0.1) is 0 Å². The smallest absolute Gasteiger partial charge is 0.326 e. The summed E-state index contributed by atoms with van der Waals surface area (Å²) in [6.07, 6.45) is 3.07. The van der Waals surface area contributed by atoms with Crippen molar-refractivity contribution in [3.63, 3.8) is 0 Å². The van der Waals surface area contributed by atoms with E-state index in [1.165, 1.54) is 7.11 Å². The molecule has 1 saturated carbocycles. The van der Waals surface area contributed by atoms with Gasteiger partial charge >= 0.3 is 5.97 Å². The number of hydrogen-bond donors (Lipinski definition) is 2. The summed E-state index contributed by atoms with van der Waals surface area (Å²) in [7, 11) is 3.24. The first kappa shape index (κ1) is 21.1. The lowest BCUT2D eigenvalue weighted by Crippen LogP contribution is -2.47. The van der Waals surface area contributed by atoms with Gasteiger partial charge in [0.05, 0.1) is 19.1 Å². The van der Waals surface area contributed by atoms with Crippen LogP contribution in [0.4, 0.5) is 0 Å². The lowest BCUT2D eigenvalue weighted by Gasteiger charge is -2.33. The molecule has 1 aromatic rings. The zero-order valence-electron chi connectivity index (χ0n) is 16.7. The van der Waals surface area contributed by atoms with Crippen LogP contribution in [0.25, 0.3) is 0 Å². The first-order valence-electron chi connectivity index (χ1n) is 9.81. The van der Waals surface area contributed by atoms with E-state index in [0.29, 0.717) is 24.3 Å². The number of likely N-dealkylation sites (tertiary alicyclic amines) is 1. The third-order valence-corrected chi connectivity index (χ3v) is 6.66. The van der Waals surface area contributed by atoms with Crippen molar-refractivity contribution < 1.29 is 19.4 Å². The van der Waals surface area contributed by atoms with Crippen LogP contribution in [0, 0.1) is 5.92 Å². The maximum atomic E-state index is 13.2. The van der Waals surface area contributed by atoms with E-state index in [9.17, 15) is 14.7 Å². The van der Waals surface area contributed by atoms with Gasteiger partial charge in [0.15, 0.2) is 0 Å². The Morgan fingerprint density at radius 3 is 2.39 bits per heavy atom. The van der Waals surface area contributed by atoms with Crippen molar-refractivity contribution in [2.45, 2.75) is 62.8 Å². The van der Waals surface area contributed by atoms with Crippen molar-refractivity contribution in [3.05, 3.63) is 34.9 Å². The van der Waals surface area contributed by atoms with Gasteiger partial charge in [-0.3, -0.25) is 14.5 Å². The average Bonchev–Trinajstić information content (AvgIpc) is 2.96. The van der Waals surface area contributed by atoms with E-state index in [0.717, 1.165) is 18.4 Å². The third kappa shape index (κ3) is 4.04. The van der Waals surface area contributed by atoms with Crippen LogP contribution in [0.15, 0.2) is 24.3 Å². The number of likely N-dealkylation sites (N-methyl/N-ethyl adjacent to an activating group) is 1. The number of aliphatic hydroxyl groups is 1. The molecule has 3 atom stereocenters. The Kier molecular flexibility index (Phi) is 6.32. The number of ether oxygens (including phenoxy) is 1. The maximum Gasteiger partial charge on any atom is 0.326 e. The molecule has 0 bridgehead atoms. The van der Waals surface area contributed by atoms with Gasteiger partial charge in [0.1, 0.15) is 5.54 Å². The lowest BCUT2D eigenvalue weighted by atomic mass is 9.88. The molecule has 7 heteroatoms. The van der Waals surface area contributed by atoms with E-state index in [1.54, 1.807) is 12.1 Å². The molecule has 1 heterocycles. The molecule has 154 valence electrons. The molecule has 2 fully saturated rings. The number of carbonyl (C=O) groups is 2. The molecule has 1 aliphatic carbocycles. The zero-order chi connectivity index (χ0) is 20.5. The van der Waals surface area contributed by atoms with E-state index >= 15 is 0 Å². The number of carbonyl (C=O) groups excluding carboxylic acids is 2. The highest BCUT2D eigenvalue weighted by Gasteiger charge is 2.55. The highest BCUT2D eigenvalue weighted by molar-refractivity contribution is 6.30. The standard InChI is InChI=1S/C21H29ClN2O4/c1-21(20(27)28-3)12-17(19(26)23-15-8-10-16(25)11-9-15)18(24(21)2)13-4-6-14(22)7-5-13/h4-7,15-18,25H,8-12H2,1-3H3,(H,23,26)/t15?,16?,17-,18-,21-/m0/s1. The summed E-state index contributed by atoms with van der Waals surface area (Å²) in [4.78, 5) is 27.7. The van der Waals surface area contributed by atoms with E-state index in [4.69, 9.17) is 16.3 Å². The zero-order valence-corrected chi connectivity index (χ0v) is 17.4. The van der Waals surface area contributed by atoms with Crippen LogP contribution in [-0.2, 0) is 14.3 Å². The van der Waals surface area contributed by atoms with Crippen molar-refractivity contribution in [2.24, 2.45) is 5.92 Å². The first-order valence-corrected chi connectivity index (χ1v) is 10.2. The van der Waals surface area contributed by atoms with Gasteiger partial charge < -0.3 is 15.2 Å². The average molecular weight is 409 g/mol. The Morgan fingerprint density at radius 1 is 1.21 bits per heavy atom. The number of aliphatic hydroxyl groups excluding tert-OH is 1. The monoisotopic (exact) mass is 408 g/mol. The van der Waals surface area contributed by atoms with Gasteiger partial charge in [-0.25, -0.2) is 0 Å². The molecular formula is C21H29ClN2O4. The second kappa shape index (κ2) is 8.39. The molecule has 28 heavy (non-hydrogen) atoms. The van der Waals surface area contributed by atoms with Gasteiger partial charge in [0.2, 0.25) is 5.91 Å². The van der Waals surface area contributed by atoms with E-state index in [1.807, 2.05) is 31.0 Å². The van der Waals surface area contributed by atoms with Crippen LogP contribution in [-0.4, -0.2) is 53.7 Å². The summed E-state index contributed by atoms with van der Waals surface area (Å²) in [6, 6.07) is 7.23. The number of rotatable bonds is 4. The quantitative estimate of drug-likeness (QED) is 0.749. The number of amides is 1. The van der Waals surface area contributed by atoms with Gasteiger partial charge in [0.25, 0.3) is 0 Å². The van der Waals surface area contributed by atoms with Crippen molar-refractivity contribution in [1.29, 1.82) is 0 Å². The largest absolute Gasteiger partial charge is 0.468 e. The Balaban J connectivity index is 1.85. The molecule has 0 aromatic heterocycles. The molecule has 1 amide bonds. The van der Waals surface area contributed by atoms with Crippen LogP contribution in [0.3, 0.4) is 0 Å². The molecule has 3 rings (SSSR count). The van der Waals surface area contributed by atoms with Crippen molar-refractivity contribution in [1.82, 2.24) is 10.2 Å². The van der Waals surface area contributed by atoms with Gasteiger partial charge in [-0.1, -0.05) is 23.7 Å². The SMILES string of the molecule is COC(=O)[C@]1(C)C[C@H](C(=O)NC2CCC(O)CC2)[C@H](c2ccc(Cl)cc2)N1C. The normalized spacial score (nSPS) is 33.5. The summed E-state index contributed by atoms with van der Waals surface area (Å²) in [5, 5.41) is 13.5. The fraction of sp³-hybridized carbons (Fsp3) is 0.619. The van der Waals surface area contributed by atoms with Crippen LogP contribution >= 0.6 is 11.6 Å². The molecular weight excluding hydrogens is 380 g/mol. The predicted molar refractivity (Wildman–Crippen MR) is 107 cm³/mol. The highest BCUT2D eigenvalue weighted by Crippen LogP contribution is 2.46. The van der Waals surface area contributed by atoms with E-state index in [2.05, 4.69) is 5.32 Å². The van der Waals surface area contributed by atoms with Gasteiger partial charge in [0, 0.05) is 17.1 Å². The Labute approximate surface area is 171 Å². The molecule has 1 aromatic carbocycles. The molecule has 0 unspecified atom stereocenters. The van der Waals surface area contributed by atoms with E-state index in [-0.39, 0.29) is 36.0 Å². The van der Waals surface area contributed by atoms with Crippen LogP contribution in [0.1, 0.15) is 50.6 Å². The number of nitrogens with zero attached hydrogens (tertiary/aromatic N) is 1. The van der Waals surface area contributed by atoms with E-state index < -0.39 is 5.54 Å². The second-order valence-corrected chi connectivity index (χ2v) is 8.63. The summed E-state index contributed by atoms with van der Waals surface area (Å²) in [5.74, 6) is -0.784. The van der Waals surface area contributed by atoms with Crippen LogP contribution in [0.2, 0.25) is 5.02 Å². The summed E-state index contributed by atoms with van der Waals surface area (Å²) >= 11 is 6.04. The van der Waals surface area contributed by atoms with Gasteiger partial charge in [-0.05, 0) is 63.8 Å². The third-order valence-electron chi connectivity index (χ3n) is 6.41. The van der Waals surface area contributed by atoms with Crippen LogP contribution < -0.4 is 5.32 Å². The fourth-order valence-electron chi connectivity index (χ4n) is 4.59. The minimum absolute atomic E-state index is 0.0548. The molecule has 1 saturated heterocycles. The molecule has 0 spiro atoms. The maximum absolute atomic E-state index is 13.2. The lowest BCUT2D eigenvalue weighted by molar-refractivity contribution is -0.152. The number of benzene rings is 1. The minimum Gasteiger partial charge on any atom is -0.468 e. The molecule has 6 nitrogen and oxygen atoms in total. The predicted octanol–water partition coefficient (Wildman–Crippen LogP) is 2.68. The molecule has 0 radical (unpaired) electrons. The van der Waals surface area contributed by atoms with Gasteiger partial charge in [-0.2, -0.15) is 0 Å². The molecule has 1 aliphatic heterocycles. The summed E-state index contributed by atoms with van der Waals surface area (Å²) < 4.78 is 5.04. The van der Waals surface area contributed by atoms with Crippen molar-refractivity contribution in [3.8, 4) is 0 Å². The van der Waals surface area contributed by atoms with Crippen LogP contribution in [0.5, 0.6) is 0 Å². The number of esters is 1. The summed E-state index contributed by atoms with van der Waals surface area (Å²) in [5.41, 5.74) is 0.0582. The number of hydrogen-bond acceptors (Lipinski definition) is 5.